The van der Waals surface area contributed by atoms with E-state index in [9.17, 15) is 4.39 Å². The molecule has 70 valence electrons. The standard InChI is InChI=1S/C9H17FN2/c10-8-3-5-12(7-8)9-2-1-4-11-6-9/h8-9,11H,1-7H2/t8?,9-/m0/s1. The predicted molar refractivity (Wildman–Crippen MR) is 47.0 cm³/mol. The van der Waals surface area contributed by atoms with Gasteiger partial charge in [0, 0.05) is 25.7 Å². The molecule has 2 aliphatic rings. The molecule has 0 radical (unpaired) electrons. The van der Waals surface area contributed by atoms with Gasteiger partial charge in [-0.2, -0.15) is 0 Å². The van der Waals surface area contributed by atoms with Gasteiger partial charge in [-0.05, 0) is 25.8 Å². The summed E-state index contributed by atoms with van der Waals surface area (Å²) in [5, 5.41) is 3.36. The summed E-state index contributed by atoms with van der Waals surface area (Å²) in [5.41, 5.74) is 0. The molecule has 1 N–H and O–H groups in total. The molecular formula is C9H17FN2. The van der Waals surface area contributed by atoms with Crippen molar-refractivity contribution in [3.05, 3.63) is 0 Å². The summed E-state index contributed by atoms with van der Waals surface area (Å²) < 4.78 is 12.9. The smallest absolute Gasteiger partial charge is 0.114 e. The number of halogens is 1. The van der Waals surface area contributed by atoms with Gasteiger partial charge in [-0.3, -0.25) is 4.90 Å². The summed E-state index contributed by atoms with van der Waals surface area (Å²) in [4.78, 5) is 2.30. The van der Waals surface area contributed by atoms with Crippen molar-refractivity contribution in [1.82, 2.24) is 10.2 Å². The zero-order valence-electron chi connectivity index (χ0n) is 7.43. The average Bonchev–Trinajstić information content (AvgIpc) is 2.54. The lowest BCUT2D eigenvalue weighted by Gasteiger charge is -2.31. The first kappa shape index (κ1) is 8.45. The summed E-state index contributed by atoms with van der Waals surface area (Å²) in [6.45, 7) is 3.84. The Balaban J connectivity index is 1.83. The van der Waals surface area contributed by atoms with E-state index in [4.69, 9.17) is 0 Å². The van der Waals surface area contributed by atoms with E-state index in [2.05, 4.69) is 10.2 Å². The quantitative estimate of drug-likeness (QED) is 0.629. The van der Waals surface area contributed by atoms with E-state index >= 15 is 0 Å². The molecule has 0 spiro atoms. The molecule has 0 aromatic heterocycles. The van der Waals surface area contributed by atoms with Crippen molar-refractivity contribution in [2.24, 2.45) is 0 Å². The number of rotatable bonds is 1. The van der Waals surface area contributed by atoms with Gasteiger partial charge in [0.25, 0.3) is 0 Å². The van der Waals surface area contributed by atoms with Crippen LogP contribution in [0.5, 0.6) is 0 Å². The van der Waals surface area contributed by atoms with Crippen LogP contribution in [0.2, 0.25) is 0 Å². The molecule has 0 saturated carbocycles. The minimum Gasteiger partial charge on any atom is -0.315 e. The Hall–Kier alpha value is -0.150. The third-order valence-corrected chi connectivity index (χ3v) is 2.95. The van der Waals surface area contributed by atoms with Gasteiger partial charge in [0.05, 0.1) is 0 Å². The highest BCUT2D eigenvalue weighted by atomic mass is 19.1. The Bertz CT molecular complexity index is 143. The van der Waals surface area contributed by atoms with Gasteiger partial charge in [-0.25, -0.2) is 4.39 Å². The van der Waals surface area contributed by atoms with Crippen LogP contribution >= 0.6 is 0 Å². The lowest BCUT2D eigenvalue weighted by atomic mass is 10.1. The maximum atomic E-state index is 12.9. The Kier molecular flexibility index (Phi) is 2.61. The molecule has 12 heavy (non-hydrogen) atoms. The van der Waals surface area contributed by atoms with E-state index in [0.29, 0.717) is 12.6 Å². The van der Waals surface area contributed by atoms with Gasteiger partial charge < -0.3 is 5.32 Å². The largest absolute Gasteiger partial charge is 0.315 e. The van der Waals surface area contributed by atoms with E-state index in [0.717, 1.165) is 26.1 Å². The van der Waals surface area contributed by atoms with Gasteiger partial charge in [-0.1, -0.05) is 0 Å². The SMILES string of the molecule is FC1CCN([C@H]2CCCNC2)C1. The normalized spacial score (nSPS) is 38.8. The minimum absolute atomic E-state index is 0.563. The zero-order valence-corrected chi connectivity index (χ0v) is 7.43. The van der Waals surface area contributed by atoms with Gasteiger partial charge >= 0.3 is 0 Å². The van der Waals surface area contributed by atoms with Crippen molar-refractivity contribution in [3.63, 3.8) is 0 Å². The molecule has 2 saturated heterocycles. The lowest BCUT2D eigenvalue weighted by Crippen LogP contribution is -2.45. The summed E-state index contributed by atoms with van der Waals surface area (Å²) in [6.07, 6.45) is 2.68. The summed E-state index contributed by atoms with van der Waals surface area (Å²) >= 11 is 0. The second-order valence-corrected chi connectivity index (χ2v) is 3.88. The third kappa shape index (κ3) is 1.77. The van der Waals surface area contributed by atoms with E-state index in [-0.39, 0.29) is 0 Å². The number of nitrogens with zero attached hydrogens (tertiary/aromatic N) is 1. The first-order valence-electron chi connectivity index (χ1n) is 4.95. The number of nitrogens with one attached hydrogen (secondary N) is 1. The van der Waals surface area contributed by atoms with Crippen molar-refractivity contribution in [2.75, 3.05) is 26.2 Å². The molecule has 0 amide bonds. The molecule has 0 bridgehead atoms. The van der Waals surface area contributed by atoms with E-state index in [1.54, 1.807) is 0 Å². The molecule has 3 heteroatoms. The zero-order chi connectivity index (χ0) is 8.39. The van der Waals surface area contributed by atoms with E-state index < -0.39 is 6.17 Å². The van der Waals surface area contributed by atoms with Crippen LogP contribution in [0.1, 0.15) is 19.3 Å². The van der Waals surface area contributed by atoms with Crippen molar-refractivity contribution in [2.45, 2.75) is 31.5 Å². The Labute approximate surface area is 73.1 Å². The maximum Gasteiger partial charge on any atom is 0.114 e. The Morgan fingerprint density at radius 1 is 1.33 bits per heavy atom. The highest BCUT2D eigenvalue weighted by Crippen LogP contribution is 2.18. The van der Waals surface area contributed by atoms with Crippen LogP contribution in [0.3, 0.4) is 0 Å². The summed E-state index contributed by atoms with van der Waals surface area (Å²) in [5.74, 6) is 0. The minimum atomic E-state index is -0.563. The highest BCUT2D eigenvalue weighted by molar-refractivity contribution is 4.84. The van der Waals surface area contributed by atoms with Crippen LogP contribution in [0, 0.1) is 0 Å². The maximum absolute atomic E-state index is 12.9. The Morgan fingerprint density at radius 3 is 2.83 bits per heavy atom. The molecule has 0 aromatic rings. The third-order valence-electron chi connectivity index (χ3n) is 2.95. The van der Waals surface area contributed by atoms with Crippen molar-refractivity contribution in [3.8, 4) is 0 Å². The average molecular weight is 172 g/mol. The van der Waals surface area contributed by atoms with Crippen LogP contribution in [0.15, 0.2) is 0 Å². The van der Waals surface area contributed by atoms with E-state index in [1.807, 2.05) is 0 Å². The van der Waals surface area contributed by atoms with Gasteiger partial charge in [0.2, 0.25) is 0 Å². The number of piperidine rings is 1. The molecule has 2 nitrogen and oxygen atoms in total. The van der Waals surface area contributed by atoms with Crippen molar-refractivity contribution in [1.29, 1.82) is 0 Å². The monoisotopic (exact) mass is 172 g/mol. The fraction of sp³-hybridized carbons (Fsp3) is 1.00. The first-order chi connectivity index (χ1) is 5.86. The molecule has 2 atom stereocenters. The number of hydrogen-bond acceptors (Lipinski definition) is 2. The highest BCUT2D eigenvalue weighted by Gasteiger charge is 2.28. The van der Waals surface area contributed by atoms with Crippen LogP contribution in [0.4, 0.5) is 4.39 Å². The number of likely N-dealkylation sites (tertiary alicyclic amines) is 1. The second-order valence-electron chi connectivity index (χ2n) is 3.88. The predicted octanol–water partition coefficient (Wildman–Crippen LogP) is 0.782. The van der Waals surface area contributed by atoms with Gasteiger partial charge in [0.1, 0.15) is 6.17 Å². The van der Waals surface area contributed by atoms with Gasteiger partial charge in [0.15, 0.2) is 0 Å². The summed E-state index contributed by atoms with van der Waals surface area (Å²) in [7, 11) is 0. The molecule has 2 rings (SSSR count). The number of hydrogen-bond donors (Lipinski definition) is 1. The van der Waals surface area contributed by atoms with E-state index in [1.165, 1.54) is 12.8 Å². The second kappa shape index (κ2) is 3.71. The lowest BCUT2D eigenvalue weighted by molar-refractivity contribution is 0.188. The number of alkyl halides is 1. The molecular weight excluding hydrogens is 155 g/mol. The first-order valence-corrected chi connectivity index (χ1v) is 4.95. The summed E-state index contributed by atoms with van der Waals surface area (Å²) in [6, 6.07) is 0.611. The molecule has 2 fully saturated rings. The topological polar surface area (TPSA) is 15.3 Å². The van der Waals surface area contributed by atoms with Crippen molar-refractivity contribution < 1.29 is 4.39 Å². The molecule has 2 aliphatic heterocycles. The molecule has 2 heterocycles. The Morgan fingerprint density at radius 2 is 2.25 bits per heavy atom. The van der Waals surface area contributed by atoms with Crippen LogP contribution < -0.4 is 5.32 Å². The molecule has 1 unspecified atom stereocenters. The van der Waals surface area contributed by atoms with Crippen molar-refractivity contribution >= 4 is 0 Å². The van der Waals surface area contributed by atoms with Gasteiger partial charge in [-0.15, -0.1) is 0 Å². The fourth-order valence-corrected chi connectivity index (χ4v) is 2.22. The molecule has 0 aliphatic carbocycles. The molecule has 0 aromatic carbocycles. The fourth-order valence-electron chi connectivity index (χ4n) is 2.22. The van der Waals surface area contributed by atoms with Crippen LogP contribution in [-0.2, 0) is 0 Å². The van der Waals surface area contributed by atoms with Crippen LogP contribution in [0.25, 0.3) is 0 Å². The van der Waals surface area contributed by atoms with Crippen LogP contribution in [-0.4, -0.2) is 43.3 Å².